The third kappa shape index (κ3) is 7.31. The molecule has 38 heavy (non-hydrogen) atoms. The maximum Gasteiger partial charge on any atom is 0.410 e. The van der Waals surface area contributed by atoms with E-state index in [2.05, 4.69) is 15.3 Å². The number of ether oxygens (including phenoxy) is 2. The standard InChI is InChI=1S/C28H33ClN4O5/c1-28(2,3)38-27(36)33-12-8-18(9-13-33)6-11-31-26(35)22-15-20(4-5-23(22)29)37-17-19-14-25(34)21-7-10-30-16-24(21)32-19/h4-5,7,10,15-16,18H,6,8-9,11-14,17H2,1-3H3,(H,31,35). The van der Waals surface area contributed by atoms with Crippen molar-refractivity contribution in [2.75, 3.05) is 26.2 Å². The zero-order chi connectivity index (χ0) is 27.3. The Morgan fingerprint density at radius 3 is 2.68 bits per heavy atom. The maximum absolute atomic E-state index is 12.8. The number of hydrogen-bond donors (Lipinski definition) is 1. The summed E-state index contributed by atoms with van der Waals surface area (Å²) in [5.74, 6) is 0.569. The molecule has 0 aliphatic carbocycles. The van der Waals surface area contributed by atoms with Gasteiger partial charge in [-0.15, -0.1) is 0 Å². The Bertz CT molecular complexity index is 1230. The van der Waals surface area contributed by atoms with E-state index < -0.39 is 5.60 Å². The summed E-state index contributed by atoms with van der Waals surface area (Å²) in [5.41, 5.74) is 1.50. The van der Waals surface area contributed by atoms with Crippen LogP contribution in [0.1, 0.15) is 67.2 Å². The lowest BCUT2D eigenvalue weighted by atomic mass is 9.94. The van der Waals surface area contributed by atoms with Gasteiger partial charge in [0.2, 0.25) is 0 Å². The largest absolute Gasteiger partial charge is 0.488 e. The van der Waals surface area contributed by atoms with E-state index in [-0.39, 0.29) is 30.8 Å². The van der Waals surface area contributed by atoms with Crippen LogP contribution in [-0.2, 0) is 4.74 Å². The molecule has 0 saturated carbocycles. The number of carbonyl (C=O) groups excluding carboxylic acids is 3. The minimum atomic E-state index is -0.505. The summed E-state index contributed by atoms with van der Waals surface area (Å²) in [6.07, 6.45) is 5.58. The molecule has 2 amide bonds. The molecule has 0 unspecified atom stereocenters. The van der Waals surface area contributed by atoms with Gasteiger partial charge < -0.3 is 19.7 Å². The molecule has 0 spiro atoms. The van der Waals surface area contributed by atoms with Crippen molar-refractivity contribution in [1.82, 2.24) is 15.2 Å². The highest BCUT2D eigenvalue weighted by Gasteiger charge is 2.27. The van der Waals surface area contributed by atoms with Crippen molar-refractivity contribution in [3.8, 4) is 5.75 Å². The van der Waals surface area contributed by atoms with Crippen LogP contribution in [0, 0.1) is 5.92 Å². The summed E-state index contributed by atoms with van der Waals surface area (Å²) in [7, 11) is 0. The third-order valence-corrected chi connectivity index (χ3v) is 6.77. The lowest BCUT2D eigenvalue weighted by Gasteiger charge is -2.33. The number of nitrogens with zero attached hydrogens (tertiary/aromatic N) is 3. The average Bonchev–Trinajstić information content (AvgIpc) is 2.87. The van der Waals surface area contributed by atoms with Crippen LogP contribution < -0.4 is 10.1 Å². The molecule has 202 valence electrons. The number of likely N-dealkylation sites (tertiary alicyclic amines) is 1. The molecular formula is C28H33ClN4O5. The number of piperidine rings is 1. The summed E-state index contributed by atoms with van der Waals surface area (Å²) in [6, 6.07) is 6.55. The van der Waals surface area contributed by atoms with Crippen molar-refractivity contribution < 1.29 is 23.9 Å². The first-order valence-electron chi connectivity index (χ1n) is 12.8. The lowest BCUT2D eigenvalue weighted by molar-refractivity contribution is 0.0181. The Labute approximate surface area is 227 Å². The number of pyridine rings is 1. The smallest absolute Gasteiger partial charge is 0.410 e. The number of Topliss-reactive ketones (excluding diaryl/α,β-unsaturated/α-hetero) is 1. The first-order chi connectivity index (χ1) is 18.1. The topological polar surface area (TPSA) is 110 Å². The Balaban J connectivity index is 1.25. The molecule has 3 heterocycles. The molecule has 1 aromatic carbocycles. The van der Waals surface area contributed by atoms with Gasteiger partial charge in [0.1, 0.15) is 18.0 Å². The zero-order valence-corrected chi connectivity index (χ0v) is 22.7. The number of halogens is 1. The fourth-order valence-corrected chi connectivity index (χ4v) is 4.64. The van der Waals surface area contributed by atoms with Crippen LogP contribution in [0.2, 0.25) is 5.02 Å². The van der Waals surface area contributed by atoms with Gasteiger partial charge in [-0.25, -0.2) is 4.79 Å². The molecule has 0 radical (unpaired) electrons. The summed E-state index contributed by atoms with van der Waals surface area (Å²) >= 11 is 6.29. The Hall–Kier alpha value is -3.46. The van der Waals surface area contributed by atoms with E-state index >= 15 is 0 Å². The number of rotatable bonds is 7. The molecular weight excluding hydrogens is 508 g/mol. The van der Waals surface area contributed by atoms with E-state index in [0.29, 0.717) is 58.9 Å². The van der Waals surface area contributed by atoms with Crippen molar-refractivity contribution in [2.45, 2.75) is 52.1 Å². The SMILES string of the molecule is CC(C)(C)OC(=O)N1CCC(CCNC(=O)c2cc(OCC3=Nc4cnccc4C(=O)C3)ccc2Cl)CC1. The van der Waals surface area contributed by atoms with Crippen LogP contribution in [0.15, 0.2) is 41.7 Å². The van der Waals surface area contributed by atoms with E-state index in [1.54, 1.807) is 41.6 Å². The molecule has 2 aromatic rings. The first kappa shape index (κ1) is 27.6. The normalized spacial score (nSPS) is 15.9. The van der Waals surface area contributed by atoms with Crippen LogP contribution in [0.5, 0.6) is 5.75 Å². The van der Waals surface area contributed by atoms with Gasteiger partial charge in [0, 0.05) is 31.4 Å². The predicted molar refractivity (Wildman–Crippen MR) is 145 cm³/mol. The van der Waals surface area contributed by atoms with Crippen molar-refractivity contribution in [3.63, 3.8) is 0 Å². The number of fused-ring (bicyclic) bond motifs is 1. The van der Waals surface area contributed by atoms with Crippen molar-refractivity contribution in [2.24, 2.45) is 10.9 Å². The highest BCUT2D eigenvalue weighted by Crippen LogP contribution is 2.26. The number of carbonyl (C=O) groups is 3. The number of benzene rings is 1. The van der Waals surface area contributed by atoms with E-state index in [4.69, 9.17) is 21.1 Å². The minimum absolute atomic E-state index is 0.0253. The summed E-state index contributed by atoms with van der Waals surface area (Å²) < 4.78 is 11.3. The molecule has 1 N–H and O–H groups in total. The van der Waals surface area contributed by atoms with Gasteiger partial charge in [0.15, 0.2) is 5.78 Å². The van der Waals surface area contributed by atoms with E-state index in [9.17, 15) is 14.4 Å². The van der Waals surface area contributed by atoms with Crippen molar-refractivity contribution in [1.29, 1.82) is 0 Å². The molecule has 1 fully saturated rings. The van der Waals surface area contributed by atoms with Crippen LogP contribution in [0.25, 0.3) is 0 Å². The first-order valence-corrected chi connectivity index (χ1v) is 13.2. The molecule has 0 atom stereocenters. The van der Waals surface area contributed by atoms with Gasteiger partial charge in [-0.05, 0) is 70.2 Å². The van der Waals surface area contributed by atoms with Crippen LogP contribution >= 0.6 is 11.6 Å². The number of hydrogen-bond acceptors (Lipinski definition) is 7. The van der Waals surface area contributed by atoms with Crippen molar-refractivity contribution in [3.05, 3.63) is 52.8 Å². The van der Waals surface area contributed by atoms with Crippen LogP contribution in [-0.4, -0.2) is 65.2 Å². The predicted octanol–water partition coefficient (Wildman–Crippen LogP) is 5.24. The molecule has 1 aromatic heterocycles. The quantitative estimate of drug-likeness (QED) is 0.514. The average molecular weight is 541 g/mol. The summed E-state index contributed by atoms with van der Waals surface area (Å²) in [4.78, 5) is 47.7. The third-order valence-electron chi connectivity index (χ3n) is 6.44. The number of ketones is 1. The van der Waals surface area contributed by atoms with Gasteiger partial charge in [0.05, 0.1) is 34.6 Å². The second-order valence-corrected chi connectivity index (χ2v) is 11.0. The van der Waals surface area contributed by atoms with Crippen LogP contribution in [0.4, 0.5) is 10.5 Å². The maximum atomic E-state index is 12.8. The summed E-state index contributed by atoms with van der Waals surface area (Å²) in [6.45, 7) is 7.50. The molecule has 2 aliphatic rings. The lowest BCUT2D eigenvalue weighted by Crippen LogP contribution is -2.42. The number of nitrogens with one attached hydrogen (secondary N) is 1. The van der Waals surface area contributed by atoms with E-state index in [1.807, 2.05) is 20.8 Å². The highest BCUT2D eigenvalue weighted by atomic mass is 35.5. The number of aliphatic imine (C=N–C) groups is 1. The van der Waals surface area contributed by atoms with E-state index in [1.165, 1.54) is 0 Å². The van der Waals surface area contributed by atoms with E-state index in [0.717, 1.165) is 19.3 Å². The van der Waals surface area contributed by atoms with Gasteiger partial charge >= 0.3 is 6.09 Å². The van der Waals surface area contributed by atoms with Gasteiger partial charge in [0.25, 0.3) is 5.91 Å². The zero-order valence-electron chi connectivity index (χ0n) is 22.0. The fraction of sp³-hybridized carbons (Fsp3) is 0.464. The Morgan fingerprint density at radius 1 is 1.18 bits per heavy atom. The molecule has 9 nitrogen and oxygen atoms in total. The molecule has 1 saturated heterocycles. The number of aromatic nitrogens is 1. The summed E-state index contributed by atoms with van der Waals surface area (Å²) in [5, 5.41) is 3.27. The van der Waals surface area contributed by atoms with Gasteiger partial charge in [-0.2, -0.15) is 0 Å². The van der Waals surface area contributed by atoms with Crippen molar-refractivity contribution >= 4 is 40.8 Å². The minimum Gasteiger partial charge on any atom is -0.488 e. The Kier molecular flexibility index (Phi) is 8.66. The number of amides is 2. The van der Waals surface area contributed by atoms with Gasteiger partial charge in [-0.1, -0.05) is 11.6 Å². The van der Waals surface area contributed by atoms with Crippen LogP contribution in [0.3, 0.4) is 0 Å². The fourth-order valence-electron chi connectivity index (χ4n) is 4.44. The highest BCUT2D eigenvalue weighted by molar-refractivity contribution is 6.33. The second-order valence-electron chi connectivity index (χ2n) is 10.6. The monoisotopic (exact) mass is 540 g/mol. The second kappa shape index (κ2) is 11.9. The molecule has 10 heteroatoms. The molecule has 4 rings (SSSR count). The Morgan fingerprint density at radius 2 is 1.95 bits per heavy atom. The molecule has 2 aliphatic heterocycles. The molecule has 0 bridgehead atoms. The van der Waals surface area contributed by atoms with Gasteiger partial charge in [-0.3, -0.25) is 19.6 Å².